The van der Waals surface area contributed by atoms with Crippen molar-refractivity contribution in [1.29, 1.82) is 0 Å². The molecule has 0 aliphatic heterocycles. The zero-order valence-electron chi connectivity index (χ0n) is 28.2. The van der Waals surface area contributed by atoms with Crippen LogP contribution in [-0.4, -0.2) is 16.6 Å². The Balaban J connectivity index is 2.25. The quantitative estimate of drug-likeness (QED) is 0.0836. The van der Waals surface area contributed by atoms with E-state index in [0.29, 0.717) is 0 Å². The summed E-state index contributed by atoms with van der Waals surface area (Å²) in [7, 11) is -3.97. The summed E-state index contributed by atoms with van der Waals surface area (Å²) in [6.45, 7) is 14.0. The summed E-state index contributed by atoms with van der Waals surface area (Å²) in [5, 5.41) is 5.04. The second kappa shape index (κ2) is 18.1. The molecule has 3 aromatic rings. The van der Waals surface area contributed by atoms with Crippen LogP contribution in [0.1, 0.15) is 119 Å². The van der Waals surface area contributed by atoms with Gasteiger partial charge in [0, 0.05) is 21.5 Å². The summed E-state index contributed by atoms with van der Waals surface area (Å²) in [6, 6.07) is 25.7. The van der Waals surface area contributed by atoms with Gasteiger partial charge in [-0.15, -0.1) is 0 Å². The Labute approximate surface area is 261 Å². The Morgan fingerprint density at radius 1 is 0.381 bits per heavy atom. The topological polar surface area (TPSA) is 18.5 Å². The van der Waals surface area contributed by atoms with E-state index in [0.717, 1.165) is 11.5 Å². The summed E-state index contributed by atoms with van der Waals surface area (Å²) >= 11 is 0. The minimum Gasteiger partial charge on any atom is -0.543 e. The Morgan fingerprint density at radius 3 is 0.786 bits per heavy atom. The highest BCUT2D eigenvalue weighted by Crippen LogP contribution is 2.47. The van der Waals surface area contributed by atoms with E-state index in [1.807, 2.05) is 0 Å². The lowest BCUT2D eigenvalue weighted by molar-refractivity contribution is 0.513. The van der Waals surface area contributed by atoms with Crippen molar-refractivity contribution in [2.24, 2.45) is 0 Å². The van der Waals surface area contributed by atoms with Crippen molar-refractivity contribution < 1.29 is 8.85 Å². The second-order valence-electron chi connectivity index (χ2n) is 12.9. The van der Waals surface area contributed by atoms with Crippen LogP contribution < -0.4 is 8.85 Å². The summed E-state index contributed by atoms with van der Waals surface area (Å²) < 4.78 is 15.2. The molecule has 42 heavy (non-hydrogen) atoms. The Kier molecular flexibility index (Phi) is 15.0. The summed E-state index contributed by atoms with van der Waals surface area (Å²) in [6.07, 6.45) is 15.1. The van der Waals surface area contributed by atoms with Crippen LogP contribution in [0.3, 0.4) is 0 Å². The molecule has 0 N–H and O–H groups in total. The third-order valence-corrected chi connectivity index (χ3v) is 18.2. The van der Waals surface area contributed by atoms with E-state index >= 15 is 0 Å². The first kappa shape index (κ1) is 34.7. The minimum absolute atomic E-state index is 1.14. The van der Waals surface area contributed by atoms with Crippen LogP contribution in [0.15, 0.2) is 48.5 Å². The van der Waals surface area contributed by atoms with Crippen LogP contribution >= 0.6 is 0 Å². The molecule has 0 spiro atoms. The predicted octanol–water partition coefficient (Wildman–Crippen LogP) is 13.4. The number of rotatable bonds is 22. The maximum atomic E-state index is 7.61. The highest BCUT2D eigenvalue weighted by atomic mass is 28.4. The molecule has 0 unspecified atom stereocenters. The number of hydrogen-bond donors (Lipinski definition) is 0. The van der Waals surface area contributed by atoms with E-state index in [1.54, 1.807) is 0 Å². The second-order valence-corrected chi connectivity index (χ2v) is 21.1. The molecule has 0 radical (unpaired) electrons. The van der Waals surface area contributed by atoms with Gasteiger partial charge in [0.05, 0.1) is 0 Å². The molecule has 0 saturated heterocycles. The van der Waals surface area contributed by atoms with E-state index in [4.69, 9.17) is 8.85 Å². The van der Waals surface area contributed by atoms with E-state index < -0.39 is 16.6 Å². The summed E-state index contributed by atoms with van der Waals surface area (Å²) in [4.78, 5) is 0. The molecule has 3 aromatic carbocycles. The zero-order valence-corrected chi connectivity index (χ0v) is 30.2. The number of benzene rings is 3. The van der Waals surface area contributed by atoms with Gasteiger partial charge >= 0.3 is 0 Å². The van der Waals surface area contributed by atoms with Gasteiger partial charge in [0.15, 0.2) is 0 Å². The van der Waals surface area contributed by atoms with Gasteiger partial charge in [-0.1, -0.05) is 167 Å². The fourth-order valence-corrected chi connectivity index (χ4v) is 16.2. The number of hydrogen-bond acceptors (Lipinski definition) is 2. The van der Waals surface area contributed by atoms with E-state index in [2.05, 4.69) is 90.1 Å². The molecule has 0 aliphatic rings. The van der Waals surface area contributed by atoms with Crippen LogP contribution in [0.4, 0.5) is 0 Å². The maximum absolute atomic E-state index is 7.61. The molecule has 2 nitrogen and oxygen atoms in total. The van der Waals surface area contributed by atoms with Crippen LogP contribution in [0.2, 0.25) is 36.3 Å². The fourth-order valence-electron chi connectivity index (χ4n) is 6.75. The first-order valence-corrected chi connectivity index (χ1v) is 22.9. The lowest BCUT2D eigenvalue weighted by Crippen LogP contribution is -2.42. The van der Waals surface area contributed by atoms with Crippen molar-refractivity contribution in [2.45, 2.75) is 155 Å². The third-order valence-electron chi connectivity index (χ3n) is 9.39. The average molecular weight is 607 g/mol. The fraction of sp³-hybridized carbons (Fsp3) is 0.632. The van der Waals surface area contributed by atoms with Crippen LogP contribution in [0, 0.1) is 0 Å². The van der Waals surface area contributed by atoms with Crippen molar-refractivity contribution >= 4 is 38.2 Å². The molecule has 0 heterocycles. The standard InChI is InChI=1S/C38H62O2Si2/c1-7-13-27-41(28-14-8-2,29-15-9-3)39-37-33-23-19-21-25-35(33)38(36-26-22-20-24-34(36)37)40-42(30-16-10-4,31-17-11-5)32-18-12-6/h19-26H,7-18,27-32H2,1-6H3. The van der Waals surface area contributed by atoms with E-state index in [9.17, 15) is 0 Å². The molecule has 0 saturated carbocycles. The lowest BCUT2D eigenvalue weighted by Gasteiger charge is -2.36. The molecule has 0 atom stereocenters. The molecule has 0 amide bonds. The van der Waals surface area contributed by atoms with Crippen molar-refractivity contribution in [1.82, 2.24) is 0 Å². The smallest absolute Gasteiger partial charge is 0.251 e. The first-order valence-electron chi connectivity index (χ1n) is 17.8. The number of fused-ring (bicyclic) bond motifs is 2. The summed E-state index contributed by atoms with van der Waals surface area (Å²) in [5.74, 6) is 2.29. The first-order chi connectivity index (χ1) is 20.5. The van der Waals surface area contributed by atoms with Gasteiger partial charge in [0.25, 0.3) is 16.6 Å². The van der Waals surface area contributed by atoms with Crippen molar-refractivity contribution in [3.8, 4) is 11.5 Å². The normalized spacial score (nSPS) is 12.3. The van der Waals surface area contributed by atoms with Gasteiger partial charge in [-0.3, -0.25) is 0 Å². The van der Waals surface area contributed by atoms with Crippen molar-refractivity contribution in [2.75, 3.05) is 0 Å². The molecule has 0 fully saturated rings. The molecule has 3 rings (SSSR count). The Bertz CT molecular complexity index is 998. The molecule has 0 bridgehead atoms. The summed E-state index contributed by atoms with van der Waals surface area (Å²) in [5.41, 5.74) is 0. The van der Waals surface area contributed by atoms with Crippen molar-refractivity contribution in [3.05, 3.63) is 48.5 Å². The van der Waals surface area contributed by atoms with Gasteiger partial charge in [-0.2, -0.15) is 0 Å². The van der Waals surface area contributed by atoms with Gasteiger partial charge in [0.1, 0.15) is 11.5 Å². The van der Waals surface area contributed by atoms with E-state index in [1.165, 1.54) is 135 Å². The van der Waals surface area contributed by atoms with Crippen LogP contribution in [0.25, 0.3) is 21.5 Å². The molecule has 0 aromatic heterocycles. The molecule has 4 heteroatoms. The predicted molar refractivity (Wildman–Crippen MR) is 193 cm³/mol. The van der Waals surface area contributed by atoms with Gasteiger partial charge in [-0.05, 0) is 36.3 Å². The SMILES string of the molecule is CCCC[Si](CCCC)(CCCC)Oc1c2ccccc2c(O[Si](CCCC)(CCCC)CCCC)c2ccccc12. The van der Waals surface area contributed by atoms with Crippen LogP contribution in [0.5, 0.6) is 11.5 Å². The maximum Gasteiger partial charge on any atom is 0.251 e. The van der Waals surface area contributed by atoms with Gasteiger partial charge in [-0.25, -0.2) is 0 Å². The largest absolute Gasteiger partial charge is 0.543 e. The molecular formula is C38H62O2Si2. The number of unbranched alkanes of at least 4 members (excludes halogenated alkanes) is 6. The molecule has 0 aliphatic carbocycles. The highest BCUT2D eigenvalue weighted by Gasteiger charge is 2.38. The molecular weight excluding hydrogens is 545 g/mol. The lowest BCUT2D eigenvalue weighted by atomic mass is 10.0. The van der Waals surface area contributed by atoms with Gasteiger partial charge in [0.2, 0.25) is 0 Å². The van der Waals surface area contributed by atoms with Gasteiger partial charge < -0.3 is 8.85 Å². The van der Waals surface area contributed by atoms with Crippen LogP contribution in [-0.2, 0) is 0 Å². The van der Waals surface area contributed by atoms with Crippen molar-refractivity contribution in [3.63, 3.8) is 0 Å². The van der Waals surface area contributed by atoms with E-state index in [-0.39, 0.29) is 0 Å². The zero-order chi connectivity index (χ0) is 30.3. The third kappa shape index (κ3) is 9.11. The highest BCUT2D eigenvalue weighted by molar-refractivity contribution is 6.75. The monoisotopic (exact) mass is 606 g/mol. The Hall–Kier alpha value is -1.79. The molecule has 234 valence electrons. The average Bonchev–Trinajstić information content (AvgIpc) is 3.03. The minimum atomic E-state index is -1.98. The Morgan fingerprint density at radius 2 is 0.595 bits per heavy atom.